The van der Waals surface area contributed by atoms with E-state index in [1.807, 2.05) is 0 Å². The number of nitrogens with zero attached hydrogens (tertiary/aromatic N) is 2. The van der Waals surface area contributed by atoms with Crippen molar-refractivity contribution in [1.29, 1.82) is 0 Å². The Hall–Kier alpha value is -2.26. The average molecular weight is 408 g/mol. The summed E-state index contributed by atoms with van der Waals surface area (Å²) in [6, 6.07) is 4.61. The second-order valence-corrected chi connectivity index (χ2v) is 5.93. The normalized spacial score (nSPS) is 11.2. The minimum Gasteiger partial charge on any atom is -0.368 e. The van der Waals surface area contributed by atoms with E-state index < -0.39 is 17.6 Å². The lowest BCUT2D eigenvalue weighted by Crippen LogP contribution is -2.27. The number of alkyl halides is 3. The maximum Gasteiger partial charge on any atom is 0.421 e. The Labute approximate surface area is 157 Å². The first-order chi connectivity index (χ1) is 12.2. The molecule has 0 fully saturated rings. The van der Waals surface area contributed by atoms with Gasteiger partial charge in [0.1, 0.15) is 11.4 Å². The first-order valence-corrected chi connectivity index (χ1v) is 8.07. The molecule has 3 N–H and O–H groups in total. The molecule has 2 rings (SSSR count). The minimum absolute atomic E-state index is 0.0570. The van der Waals surface area contributed by atoms with E-state index in [-0.39, 0.29) is 30.0 Å². The number of aromatic nitrogens is 2. The summed E-state index contributed by atoms with van der Waals surface area (Å²) < 4.78 is 39.3. The van der Waals surface area contributed by atoms with E-state index in [4.69, 9.17) is 23.2 Å². The molecule has 0 bridgehead atoms. The maximum absolute atomic E-state index is 13.1. The number of carbonyl (C=O) groups excluding carboxylic acids is 1. The van der Waals surface area contributed by atoms with E-state index in [9.17, 15) is 18.0 Å². The molecule has 0 atom stereocenters. The van der Waals surface area contributed by atoms with Crippen LogP contribution in [0.2, 0.25) is 10.0 Å². The Morgan fingerprint density at radius 3 is 2.54 bits per heavy atom. The van der Waals surface area contributed by atoms with E-state index in [0.717, 1.165) is 0 Å². The van der Waals surface area contributed by atoms with Crippen molar-refractivity contribution in [1.82, 2.24) is 15.3 Å². The van der Waals surface area contributed by atoms with Crippen molar-refractivity contribution in [2.24, 2.45) is 0 Å². The van der Waals surface area contributed by atoms with Crippen molar-refractivity contribution in [2.45, 2.75) is 13.1 Å². The highest BCUT2D eigenvalue weighted by atomic mass is 35.5. The second kappa shape index (κ2) is 8.41. The summed E-state index contributed by atoms with van der Waals surface area (Å²) in [6.07, 6.45) is -3.95. The predicted octanol–water partition coefficient (Wildman–Crippen LogP) is 4.09. The number of amides is 1. The molecule has 1 amide bonds. The molecular formula is C15H14Cl2F3N5O. The quantitative estimate of drug-likeness (QED) is 0.628. The lowest BCUT2D eigenvalue weighted by molar-refractivity contribution is -0.137. The third kappa shape index (κ3) is 5.63. The van der Waals surface area contributed by atoms with Gasteiger partial charge in [-0.25, -0.2) is 4.98 Å². The van der Waals surface area contributed by atoms with Gasteiger partial charge < -0.3 is 16.0 Å². The van der Waals surface area contributed by atoms with Gasteiger partial charge in [0.2, 0.25) is 11.9 Å². The molecule has 1 aromatic heterocycles. The summed E-state index contributed by atoms with van der Waals surface area (Å²) >= 11 is 11.7. The van der Waals surface area contributed by atoms with Crippen LogP contribution in [-0.4, -0.2) is 29.0 Å². The number of anilines is 3. The molecule has 0 radical (unpaired) electrons. The summed E-state index contributed by atoms with van der Waals surface area (Å²) in [5.74, 6) is -0.744. The molecule has 2 aromatic rings. The van der Waals surface area contributed by atoms with Gasteiger partial charge in [-0.2, -0.15) is 18.2 Å². The first-order valence-electron chi connectivity index (χ1n) is 7.31. The minimum atomic E-state index is -4.63. The van der Waals surface area contributed by atoms with Crippen LogP contribution < -0.4 is 16.0 Å². The largest absolute Gasteiger partial charge is 0.421 e. The number of hydrogen-bond acceptors (Lipinski definition) is 5. The Morgan fingerprint density at radius 2 is 1.92 bits per heavy atom. The van der Waals surface area contributed by atoms with Crippen LogP contribution >= 0.6 is 23.2 Å². The summed E-state index contributed by atoms with van der Waals surface area (Å²) in [5, 5.41) is 8.39. The standard InChI is InChI=1S/C15H14Cl2F3N5O/c1-8(26)21-4-5-22-13-10(15(18,19)20)7-23-14(25-13)24-9-2-3-11(16)12(17)6-9/h2-3,6-7H,4-5H2,1H3,(H,21,26)(H2,22,23,24,25). The Kier molecular flexibility index (Phi) is 6.49. The molecule has 0 aliphatic heterocycles. The molecule has 0 aliphatic rings. The van der Waals surface area contributed by atoms with E-state index in [0.29, 0.717) is 16.9 Å². The van der Waals surface area contributed by atoms with Gasteiger partial charge >= 0.3 is 6.18 Å². The van der Waals surface area contributed by atoms with Crippen molar-refractivity contribution in [3.05, 3.63) is 40.0 Å². The molecule has 1 aromatic carbocycles. The zero-order valence-corrected chi connectivity index (χ0v) is 14.9. The van der Waals surface area contributed by atoms with Crippen molar-refractivity contribution in [2.75, 3.05) is 23.7 Å². The van der Waals surface area contributed by atoms with Gasteiger partial charge in [-0.3, -0.25) is 4.79 Å². The summed E-state index contributed by atoms with van der Waals surface area (Å²) in [5.41, 5.74) is -0.552. The fraction of sp³-hybridized carbons (Fsp3) is 0.267. The third-order valence-electron chi connectivity index (χ3n) is 3.06. The van der Waals surface area contributed by atoms with Gasteiger partial charge in [0.05, 0.1) is 10.0 Å². The molecule has 1 heterocycles. The van der Waals surface area contributed by atoms with Crippen molar-refractivity contribution >= 4 is 46.6 Å². The van der Waals surface area contributed by atoms with Crippen molar-refractivity contribution < 1.29 is 18.0 Å². The molecule has 0 spiro atoms. The number of rotatable bonds is 6. The fourth-order valence-corrected chi connectivity index (χ4v) is 2.20. The Balaban J connectivity index is 2.21. The molecule has 0 unspecified atom stereocenters. The fourth-order valence-electron chi connectivity index (χ4n) is 1.91. The van der Waals surface area contributed by atoms with Gasteiger partial charge in [0.25, 0.3) is 0 Å². The highest BCUT2D eigenvalue weighted by Crippen LogP contribution is 2.34. The van der Waals surface area contributed by atoms with Gasteiger partial charge in [0.15, 0.2) is 0 Å². The van der Waals surface area contributed by atoms with Crippen LogP contribution in [0.4, 0.5) is 30.6 Å². The van der Waals surface area contributed by atoms with Gasteiger partial charge in [0, 0.05) is 31.9 Å². The number of nitrogens with one attached hydrogen (secondary N) is 3. The summed E-state index contributed by atoms with van der Waals surface area (Å²) in [7, 11) is 0. The van der Waals surface area contributed by atoms with Crippen LogP contribution in [0.1, 0.15) is 12.5 Å². The topological polar surface area (TPSA) is 78.9 Å². The van der Waals surface area contributed by atoms with Gasteiger partial charge in [-0.1, -0.05) is 23.2 Å². The van der Waals surface area contributed by atoms with Gasteiger partial charge in [-0.05, 0) is 18.2 Å². The number of carbonyl (C=O) groups is 1. The third-order valence-corrected chi connectivity index (χ3v) is 3.80. The van der Waals surface area contributed by atoms with Crippen LogP contribution in [0.25, 0.3) is 0 Å². The van der Waals surface area contributed by atoms with Crippen LogP contribution in [-0.2, 0) is 11.0 Å². The second-order valence-electron chi connectivity index (χ2n) is 5.12. The highest BCUT2D eigenvalue weighted by Gasteiger charge is 2.35. The summed E-state index contributed by atoms with van der Waals surface area (Å²) in [4.78, 5) is 18.4. The monoisotopic (exact) mass is 407 g/mol. The molecular weight excluding hydrogens is 394 g/mol. The smallest absolute Gasteiger partial charge is 0.368 e. The number of halogens is 5. The maximum atomic E-state index is 13.1. The lowest BCUT2D eigenvalue weighted by Gasteiger charge is -2.15. The zero-order valence-electron chi connectivity index (χ0n) is 13.4. The SMILES string of the molecule is CC(=O)NCCNc1nc(Nc2ccc(Cl)c(Cl)c2)ncc1C(F)(F)F. The van der Waals surface area contributed by atoms with E-state index in [1.165, 1.54) is 19.1 Å². The van der Waals surface area contributed by atoms with Crippen LogP contribution in [0.15, 0.2) is 24.4 Å². The molecule has 0 aliphatic carbocycles. The lowest BCUT2D eigenvalue weighted by atomic mass is 10.3. The van der Waals surface area contributed by atoms with Crippen LogP contribution in [0.5, 0.6) is 0 Å². The molecule has 26 heavy (non-hydrogen) atoms. The molecule has 0 saturated heterocycles. The van der Waals surface area contributed by atoms with E-state index in [1.54, 1.807) is 6.07 Å². The Bertz CT molecular complexity index is 801. The van der Waals surface area contributed by atoms with Crippen LogP contribution in [0, 0.1) is 0 Å². The highest BCUT2D eigenvalue weighted by molar-refractivity contribution is 6.42. The first kappa shape index (κ1) is 20.1. The summed E-state index contributed by atoms with van der Waals surface area (Å²) in [6.45, 7) is 1.52. The van der Waals surface area contributed by atoms with Crippen LogP contribution in [0.3, 0.4) is 0 Å². The van der Waals surface area contributed by atoms with Crippen molar-refractivity contribution in [3.8, 4) is 0 Å². The van der Waals surface area contributed by atoms with Crippen molar-refractivity contribution in [3.63, 3.8) is 0 Å². The number of benzene rings is 1. The number of hydrogen-bond donors (Lipinski definition) is 3. The molecule has 6 nitrogen and oxygen atoms in total. The average Bonchev–Trinajstić information content (AvgIpc) is 2.54. The van der Waals surface area contributed by atoms with E-state index >= 15 is 0 Å². The molecule has 0 saturated carbocycles. The predicted molar refractivity (Wildman–Crippen MR) is 94.0 cm³/mol. The van der Waals surface area contributed by atoms with E-state index in [2.05, 4.69) is 25.9 Å². The zero-order chi connectivity index (χ0) is 19.3. The molecule has 140 valence electrons. The Morgan fingerprint density at radius 1 is 1.19 bits per heavy atom. The molecule has 11 heteroatoms. The van der Waals surface area contributed by atoms with Gasteiger partial charge in [-0.15, -0.1) is 0 Å².